The predicted molar refractivity (Wildman–Crippen MR) is 187 cm³/mol. The van der Waals surface area contributed by atoms with E-state index in [9.17, 15) is 0 Å². The summed E-state index contributed by atoms with van der Waals surface area (Å²) < 4.78 is 14.2. The number of fused-ring (bicyclic) bond motifs is 6. The summed E-state index contributed by atoms with van der Waals surface area (Å²) in [5.74, 6) is 0. The molecule has 0 atom stereocenters. The second kappa shape index (κ2) is 9.69. The first kappa shape index (κ1) is 23.9. The van der Waals surface area contributed by atoms with E-state index in [1.54, 1.807) is 0 Å². The summed E-state index contributed by atoms with van der Waals surface area (Å²) in [4.78, 5) is 0. The number of hydrogen-bond donors (Lipinski definition) is 0. The van der Waals surface area contributed by atoms with E-state index >= 15 is 0 Å². The van der Waals surface area contributed by atoms with Crippen LogP contribution in [-0.4, -0.2) is 0 Å². The van der Waals surface area contributed by atoms with Gasteiger partial charge in [0.2, 0.25) is 0 Å². The van der Waals surface area contributed by atoms with Gasteiger partial charge in [0.05, 0.1) is 1.37 Å². The minimum absolute atomic E-state index is 0.538. The first-order valence-electron chi connectivity index (χ1n) is 15.6. The molecule has 0 radical (unpaired) electrons. The number of hydrogen-bond acceptors (Lipinski definition) is 1. The third-order valence-corrected chi connectivity index (χ3v) is 9.04. The summed E-state index contributed by atoms with van der Waals surface area (Å²) in [6, 6.07) is 52.5. The summed E-state index contributed by atoms with van der Waals surface area (Å²) in [7, 11) is 0. The largest absolute Gasteiger partial charge is 0.456 e. The van der Waals surface area contributed by atoms with Crippen LogP contribution < -0.4 is 0 Å². The molecule has 0 saturated heterocycles. The van der Waals surface area contributed by atoms with Crippen LogP contribution in [0.1, 0.15) is 6.93 Å². The molecule has 9 aromatic rings. The molecule has 9 rings (SSSR count). The molecule has 8 aromatic carbocycles. The lowest BCUT2D eigenvalue weighted by Gasteiger charge is -2.18. The van der Waals surface area contributed by atoms with Gasteiger partial charge in [-0.2, -0.15) is 0 Å². The standard InChI is InChI=1S/C43H28O/c1-27-14-22-34-39-26-33(21-23-40(39)44-41(34)24-27)43-37-12-6-4-10-35(37)42(36-11-5-7-13-38(36)43)30-18-15-29(16-19-30)32-20-17-28-8-2-3-9-31(28)25-32/h2-26H,1H3/i2D. The maximum Gasteiger partial charge on any atom is 0.135 e. The van der Waals surface area contributed by atoms with Gasteiger partial charge in [-0.15, -0.1) is 0 Å². The fourth-order valence-electron chi connectivity index (χ4n) is 6.93. The lowest BCUT2D eigenvalue weighted by atomic mass is 9.85. The monoisotopic (exact) mass is 561 g/mol. The summed E-state index contributed by atoms with van der Waals surface area (Å²) in [6.07, 6.45) is 0. The first-order valence-corrected chi connectivity index (χ1v) is 15.1. The molecule has 0 aliphatic carbocycles. The van der Waals surface area contributed by atoms with Crippen molar-refractivity contribution in [2.24, 2.45) is 0 Å². The normalized spacial score (nSPS) is 12.1. The molecule has 1 aromatic heterocycles. The fraction of sp³-hybridized carbons (Fsp3) is 0.0233. The molecule has 0 fully saturated rings. The van der Waals surface area contributed by atoms with Crippen molar-refractivity contribution in [1.82, 2.24) is 0 Å². The van der Waals surface area contributed by atoms with Gasteiger partial charge in [0, 0.05) is 10.8 Å². The highest BCUT2D eigenvalue weighted by molar-refractivity contribution is 6.22. The number of aryl methyl sites for hydroxylation is 1. The van der Waals surface area contributed by atoms with Gasteiger partial charge in [0.15, 0.2) is 0 Å². The highest BCUT2D eigenvalue weighted by Crippen LogP contribution is 2.45. The van der Waals surface area contributed by atoms with Gasteiger partial charge in [-0.05, 0) is 102 Å². The molecular weight excluding hydrogens is 532 g/mol. The van der Waals surface area contributed by atoms with Gasteiger partial charge in [-0.25, -0.2) is 0 Å². The lowest BCUT2D eigenvalue weighted by molar-refractivity contribution is 0.668. The molecule has 0 unspecified atom stereocenters. The molecule has 0 aliphatic rings. The molecule has 0 N–H and O–H groups in total. The van der Waals surface area contributed by atoms with Crippen LogP contribution in [0.4, 0.5) is 0 Å². The molecule has 0 spiro atoms. The predicted octanol–water partition coefficient (Wildman–Crippen LogP) is 12.4. The number of rotatable bonds is 3. The molecule has 1 heterocycles. The molecule has 44 heavy (non-hydrogen) atoms. The maximum atomic E-state index is 7.93. The Balaban J connectivity index is 1.23. The van der Waals surface area contributed by atoms with E-state index in [2.05, 4.69) is 134 Å². The van der Waals surface area contributed by atoms with E-state index in [1.165, 1.54) is 60.5 Å². The summed E-state index contributed by atoms with van der Waals surface area (Å²) >= 11 is 0. The van der Waals surface area contributed by atoms with E-state index < -0.39 is 0 Å². The maximum absolute atomic E-state index is 7.93. The molecular formula is C43H28O. The van der Waals surface area contributed by atoms with Crippen molar-refractivity contribution in [3.63, 3.8) is 0 Å². The Morgan fingerprint density at radius 3 is 1.77 bits per heavy atom. The lowest BCUT2D eigenvalue weighted by Crippen LogP contribution is -1.91. The van der Waals surface area contributed by atoms with Crippen molar-refractivity contribution in [3.05, 3.63) is 157 Å². The van der Waals surface area contributed by atoms with E-state index in [0.29, 0.717) is 6.04 Å². The van der Waals surface area contributed by atoms with Crippen molar-refractivity contribution in [3.8, 4) is 33.4 Å². The zero-order valence-corrected chi connectivity index (χ0v) is 24.3. The van der Waals surface area contributed by atoms with Crippen LogP contribution in [0.5, 0.6) is 0 Å². The van der Waals surface area contributed by atoms with Gasteiger partial charge >= 0.3 is 0 Å². The second-order valence-corrected chi connectivity index (χ2v) is 11.7. The van der Waals surface area contributed by atoms with Gasteiger partial charge in [-0.1, -0.05) is 127 Å². The van der Waals surface area contributed by atoms with Gasteiger partial charge < -0.3 is 4.42 Å². The Morgan fingerprint density at radius 1 is 0.409 bits per heavy atom. The first-order chi connectivity index (χ1) is 22.1. The van der Waals surface area contributed by atoms with E-state index in [-0.39, 0.29) is 0 Å². The van der Waals surface area contributed by atoms with Gasteiger partial charge in [-0.3, -0.25) is 0 Å². The molecule has 1 heteroatoms. The summed E-state index contributed by atoms with van der Waals surface area (Å²) in [5, 5.41) is 9.49. The van der Waals surface area contributed by atoms with Crippen LogP contribution in [0.3, 0.4) is 0 Å². The Kier molecular flexibility index (Phi) is 5.25. The topological polar surface area (TPSA) is 13.1 Å². The minimum Gasteiger partial charge on any atom is -0.456 e. The fourth-order valence-corrected chi connectivity index (χ4v) is 6.93. The van der Waals surface area contributed by atoms with Gasteiger partial charge in [0.1, 0.15) is 11.2 Å². The molecule has 206 valence electrons. The van der Waals surface area contributed by atoms with Crippen LogP contribution in [0, 0.1) is 6.92 Å². The van der Waals surface area contributed by atoms with Crippen LogP contribution in [0.2, 0.25) is 0 Å². The average molecular weight is 562 g/mol. The van der Waals surface area contributed by atoms with E-state index in [0.717, 1.165) is 32.7 Å². The average Bonchev–Trinajstić information content (AvgIpc) is 3.43. The molecule has 0 bridgehead atoms. The van der Waals surface area contributed by atoms with Crippen molar-refractivity contribution in [1.29, 1.82) is 0 Å². The van der Waals surface area contributed by atoms with Crippen LogP contribution >= 0.6 is 0 Å². The highest BCUT2D eigenvalue weighted by Gasteiger charge is 2.18. The highest BCUT2D eigenvalue weighted by atomic mass is 16.3. The van der Waals surface area contributed by atoms with Crippen molar-refractivity contribution in [2.75, 3.05) is 0 Å². The zero-order chi connectivity index (χ0) is 30.1. The third-order valence-electron chi connectivity index (χ3n) is 9.04. The Hall–Kier alpha value is -5.66. The molecule has 0 amide bonds. The Morgan fingerprint density at radius 2 is 1.05 bits per heavy atom. The molecule has 0 aliphatic heterocycles. The van der Waals surface area contributed by atoms with Crippen LogP contribution in [0.15, 0.2) is 156 Å². The van der Waals surface area contributed by atoms with Gasteiger partial charge in [0.25, 0.3) is 0 Å². The Bertz CT molecular complexity index is 2550. The third kappa shape index (κ3) is 3.87. The van der Waals surface area contributed by atoms with E-state index in [4.69, 9.17) is 5.79 Å². The second-order valence-electron chi connectivity index (χ2n) is 11.7. The number of furan rings is 1. The smallest absolute Gasteiger partial charge is 0.135 e. The van der Waals surface area contributed by atoms with Crippen molar-refractivity contribution in [2.45, 2.75) is 6.92 Å². The summed E-state index contributed by atoms with van der Waals surface area (Å²) in [5.41, 5.74) is 10.3. The SMILES string of the molecule is [2H]c1ccc2cc(-c3ccc(-c4c5ccccc5c(-c5ccc6oc7cc(C)ccc7c6c5)c5ccccc45)cc3)ccc2c1. The van der Waals surface area contributed by atoms with Crippen LogP contribution in [0.25, 0.3) is 87.6 Å². The summed E-state index contributed by atoms with van der Waals surface area (Å²) in [6.45, 7) is 2.10. The zero-order valence-electron chi connectivity index (χ0n) is 25.3. The minimum atomic E-state index is 0.538. The van der Waals surface area contributed by atoms with Crippen molar-refractivity contribution < 1.29 is 5.79 Å². The van der Waals surface area contributed by atoms with Crippen LogP contribution in [-0.2, 0) is 0 Å². The number of benzene rings is 8. The quantitative estimate of drug-likeness (QED) is 0.196. The van der Waals surface area contributed by atoms with E-state index in [1.807, 2.05) is 18.2 Å². The Labute approximate surface area is 257 Å². The molecule has 0 saturated carbocycles. The van der Waals surface area contributed by atoms with Crippen molar-refractivity contribution >= 4 is 54.3 Å². The molecule has 1 nitrogen and oxygen atoms in total.